The molecule has 1 amide bonds. The predicted molar refractivity (Wildman–Crippen MR) is 111 cm³/mol. The van der Waals surface area contributed by atoms with E-state index in [2.05, 4.69) is 4.74 Å². The molecule has 0 bridgehead atoms. The number of carboxylic acid groups (broad SMARTS) is 1. The van der Waals surface area contributed by atoms with Crippen LogP contribution in [-0.2, 0) is 9.59 Å². The molecule has 2 aliphatic rings. The van der Waals surface area contributed by atoms with Crippen LogP contribution in [0.15, 0.2) is 48.5 Å². The molecule has 1 saturated carbocycles. The van der Waals surface area contributed by atoms with Crippen molar-refractivity contribution in [1.29, 1.82) is 0 Å². The molecular formula is C23H21F3N2O5. The number of fused-ring (bicyclic) bond motifs is 2. The Bertz CT molecular complexity index is 1090. The van der Waals surface area contributed by atoms with Gasteiger partial charge in [0.2, 0.25) is 0 Å². The molecule has 4 rings (SSSR count). The summed E-state index contributed by atoms with van der Waals surface area (Å²) in [7, 11) is 0. The van der Waals surface area contributed by atoms with Crippen LogP contribution >= 0.6 is 0 Å². The highest BCUT2D eigenvalue weighted by atomic mass is 19.4. The number of aliphatic carboxylic acids is 1. The van der Waals surface area contributed by atoms with Crippen LogP contribution in [0.4, 0.5) is 18.9 Å². The lowest BCUT2D eigenvalue weighted by Crippen LogP contribution is -2.64. The first kappa shape index (κ1) is 22.8. The number of carbonyl (C=O) groups excluding carboxylic acids is 2. The van der Waals surface area contributed by atoms with Gasteiger partial charge in [-0.2, -0.15) is 0 Å². The van der Waals surface area contributed by atoms with Crippen molar-refractivity contribution in [2.45, 2.75) is 43.1 Å². The summed E-state index contributed by atoms with van der Waals surface area (Å²) in [6, 6.07) is 11.1. The Morgan fingerprint density at radius 2 is 1.79 bits per heavy atom. The second-order valence-electron chi connectivity index (χ2n) is 8.31. The van der Waals surface area contributed by atoms with Gasteiger partial charge in [0.25, 0.3) is 5.91 Å². The van der Waals surface area contributed by atoms with E-state index >= 15 is 0 Å². The number of nitrogens with two attached hydrogens (primary N) is 1. The second-order valence-corrected chi connectivity index (χ2v) is 8.31. The fourth-order valence-corrected chi connectivity index (χ4v) is 4.94. The molecule has 1 fully saturated rings. The Balaban J connectivity index is 1.73. The fourth-order valence-electron chi connectivity index (χ4n) is 4.94. The van der Waals surface area contributed by atoms with Crippen molar-refractivity contribution in [3.05, 3.63) is 59.7 Å². The van der Waals surface area contributed by atoms with Crippen LogP contribution in [0.25, 0.3) is 0 Å². The van der Waals surface area contributed by atoms with Crippen LogP contribution in [0.1, 0.15) is 41.1 Å². The van der Waals surface area contributed by atoms with E-state index in [-0.39, 0.29) is 23.9 Å². The van der Waals surface area contributed by atoms with Gasteiger partial charge < -0.3 is 25.3 Å². The number of halogens is 3. The Kier molecular flexibility index (Phi) is 5.65. The lowest BCUT2D eigenvalue weighted by Gasteiger charge is -2.55. The van der Waals surface area contributed by atoms with E-state index in [9.17, 15) is 32.7 Å². The number of nitrogens with zero attached hydrogens (tertiary/aromatic N) is 1. The molecule has 4 unspecified atom stereocenters. The summed E-state index contributed by atoms with van der Waals surface area (Å²) in [4.78, 5) is 38.4. The number of rotatable bonds is 6. The minimum atomic E-state index is -4.84. The van der Waals surface area contributed by atoms with Crippen molar-refractivity contribution in [2.75, 3.05) is 4.90 Å². The second kappa shape index (κ2) is 8.18. The summed E-state index contributed by atoms with van der Waals surface area (Å²) >= 11 is 0. The van der Waals surface area contributed by atoms with Gasteiger partial charge >= 0.3 is 12.3 Å². The van der Waals surface area contributed by atoms with Crippen LogP contribution in [0.5, 0.6) is 5.75 Å². The SMILES string of the molecule is NC(CC=O)(C(=O)O)C1c2ccccc2N(C(=O)c2ccc(OC(F)(F)F)cc2)C2CCC21. The Hall–Kier alpha value is -3.40. The number of para-hydroxylation sites is 1. The predicted octanol–water partition coefficient (Wildman–Crippen LogP) is 3.48. The van der Waals surface area contributed by atoms with Crippen molar-refractivity contribution in [3.8, 4) is 5.75 Å². The van der Waals surface area contributed by atoms with Gasteiger partial charge in [-0.15, -0.1) is 13.2 Å². The lowest BCUT2D eigenvalue weighted by molar-refractivity contribution is -0.274. The Labute approximate surface area is 186 Å². The van der Waals surface area contributed by atoms with Gasteiger partial charge in [0.1, 0.15) is 17.6 Å². The fraction of sp³-hybridized carbons (Fsp3) is 0.348. The molecule has 0 spiro atoms. The number of carboxylic acids is 1. The molecule has 10 heteroatoms. The summed E-state index contributed by atoms with van der Waals surface area (Å²) in [5, 5.41) is 9.87. The van der Waals surface area contributed by atoms with Crippen molar-refractivity contribution >= 4 is 23.9 Å². The zero-order valence-electron chi connectivity index (χ0n) is 17.3. The minimum absolute atomic E-state index is 0.161. The smallest absolute Gasteiger partial charge is 0.480 e. The zero-order chi connectivity index (χ0) is 24.0. The monoisotopic (exact) mass is 462 g/mol. The van der Waals surface area contributed by atoms with Gasteiger partial charge in [0.05, 0.1) is 0 Å². The number of ether oxygens (including phenoxy) is 1. The van der Waals surface area contributed by atoms with Gasteiger partial charge in [0.15, 0.2) is 0 Å². The maximum atomic E-state index is 13.4. The summed E-state index contributed by atoms with van der Waals surface area (Å²) in [6.45, 7) is 0. The highest BCUT2D eigenvalue weighted by molar-refractivity contribution is 6.07. The highest BCUT2D eigenvalue weighted by Crippen LogP contribution is 2.55. The first-order valence-corrected chi connectivity index (χ1v) is 10.3. The van der Waals surface area contributed by atoms with E-state index in [0.29, 0.717) is 30.4 Å². The van der Waals surface area contributed by atoms with Gasteiger partial charge in [-0.05, 0) is 54.7 Å². The van der Waals surface area contributed by atoms with E-state index in [1.165, 1.54) is 12.1 Å². The minimum Gasteiger partial charge on any atom is -0.480 e. The molecule has 0 aromatic heterocycles. The number of benzene rings is 2. The molecule has 2 aromatic carbocycles. The molecule has 3 N–H and O–H groups in total. The van der Waals surface area contributed by atoms with Gasteiger partial charge in [-0.1, -0.05) is 18.2 Å². The van der Waals surface area contributed by atoms with E-state index in [0.717, 1.165) is 12.1 Å². The summed E-state index contributed by atoms with van der Waals surface area (Å²) in [5.41, 5.74) is 5.65. The molecule has 0 saturated heterocycles. The average Bonchev–Trinajstić information content (AvgIpc) is 2.73. The van der Waals surface area contributed by atoms with Crippen molar-refractivity contribution in [3.63, 3.8) is 0 Å². The first-order valence-electron chi connectivity index (χ1n) is 10.3. The molecule has 1 aliphatic heterocycles. The van der Waals surface area contributed by atoms with Gasteiger partial charge in [0, 0.05) is 29.6 Å². The molecule has 7 nitrogen and oxygen atoms in total. The van der Waals surface area contributed by atoms with Crippen molar-refractivity contribution < 1.29 is 37.4 Å². The standard InChI is InChI=1S/C23H21F3N2O5/c24-23(25,26)33-14-7-5-13(6-8-14)20(30)28-17-4-2-1-3-15(17)19(16-9-10-18(16)28)22(27,11-12-29)21(31)32/h1-8,12,16,18-19H,9-11,27H2,(H,31,32). The van der Waals surface area contributed by atoms with Crippen LogP contribution in [0.3, 0.4) is 0 Å². The number of aldehydes is 1. The van der Waals surface area contributed by atoms with E-state index in [1.54, 1.807) is 29.2 Å². The molecular weight excluding hydrogens is 441 g/mol. The van der Waals surface area contributed by atoms with Crippen LogP contribution in [0, 0.1) is 5.92 Å². The van der Waals surface area contributed by atoms with E-state index < -0.39 is 35.4 Å². The largest absolute Gasteiger partial charge is 0.573 e. The van der Waals surface area contributed by atoms with Gasteiger partial charge in [-0.25, -0.2) is 0 Å². The van der Waals surface area contributed by atoms with E-state index in [1.807, 2.05) is 0 Å². The molecule has 0 radical (unpaired) electrons. The van der Waals surface area contributed by atoms with Crippen LogP contribution < -0.4 is 15.4 Å². The summed E-state index contributed by atoms with van der Waals surface area (Å²) < 4.78 is 41.2. The highest BCUT2D eigenvalue weighted by Gasteiger charge is 2.57. The third-order valence-electron chi connectivity index (χ3n) is 6.51. The number of anilines is 1. The maximum absolute atomic E-state index is 13.4. The Morgan fingerprint density at radius 1 is 1.12 bits per heavy atom. The number of hydrogen-bond donors (Lipinski definition) is 2. The molecule has 4 atom stereocenters. The van der Waals surface area contributed by atoms with E-state index in [4.69, 9.17) is 5.73 Å². The van der Waals surface area contributed by atoms with Gasteiger partial charge in [-0.3, -0.25) is 9.59 Å². The topological polar surface area (TPSA) is 110 Å². The third kappa shape index (κ3) is 3.95. The first-order chi connectivity index (χ1) is 15.6. The molecule has 1 heterocycles. The van der Waals surface area contributed by atoms with Crippen molar-refractivity contribution in [2.24, 2.45) is 11.7 Å². The van der Waals surface area contributed by atoms with Crippen LogP contribution in [0.2, 0.25) is 0 Å². The number of amides is 1. The number of carbonyl (C=O) groups is 3. The number of alkyl halides is 3. The normalized spacial score (nSPS) is 23.4. The van der Waals surface area contributed by atoms with Crippen LogP contribution in [-0.4, -0.2) is 41.2 Å². The average molecular weight is 462 g/mol. The number of hydrogen-bond acceptors (Lipinski definition) is 5. The summed E-state index contributed by atoms with van der Waals surface area (Å²) in [6.07, 6.45) is -3.50. The molecule has 174 valence electrons. The third-order valence-corrected chi connectivity index (χ3v) is 6.51. The Morgan fingerprint density at radius 3 is 2.33 bits per heavy atom. The molecule has 33 heavy (non-hydrogen) atoms. The maximum Gasteiger partial charge on any atom is 0.573 e. The summed E-state index contributed by atoms with van der Waals surface area (Å²) in [5.74, 6) is -3.12. The quantitative estimate of drug-likeness (QED) is 0.636. The molecule has 2 aromatic rings. The van der Waals surface area contributed by atoms with Crippen molar-refractivity contribution in [1.82, 2.24) is 0 Å². The zero-order valence-corrected chi connectivity index (χ0v) is 17.3. The molecule has 1 aliphatic carbocycles. The lowest BCUT2D eigenvalue weighted by atomic mass is 9.58.